The van der Waals surface area contributed by atoms with Gasteiger partial charge < -0.3 is 15.0 Å². The van der Waals surface area contributed by atoms with Crippen LogP contribution in [0.4, 0.5) is 0 Å². The van der Waals surface area contributed by atoms with Crippen LogP contribution in [0.3, 0.4) is 0 Å². The van der Waals surface area contributed by atoms with E-state index in [-0.39, 0.29) is 5.54 Å². The summed E-state index contributed by atoms with van der Waals surface area (Å²) in [7, 11) is 6.13. The number of benzene rings is 1. The zero-order valence-electron chi connectivity index (χ0n) is 12.6. The van der Waals surface area contributed by atoms with E-state index in [2.05, 4.69) is 49.4 Å². The lowest BCUT2D eigenvalue weighted by Crippen LogP contribution is -2.48. The topological polar surface area (TPSA) is 24.5 Å². The molecule has 0 amide bonds. The van der Waals surface area contributed by atoms with Gasteiger partial charge in [-0.2, -0.15) is 0 Å². The molecule has 1 fully saturated rings. The third kappa shape index (κ3) is 2.93. The first-order valence-electron chi connectivity index (χ1n) is 7.15. The molecule has 19 heavy (non-hydrogen) atoms. The standard InChI is InChI=1S/C16H26N2O/c1-5-13-6-7-15(19-4)14(10-13)11-16(18(2)3)8-9-17-12-16/h6-7,10,17H,5,8-9,11-12H2,1-4H3. The van der Waals surface area contributed by atoms with Gasteiger partial charge in [0, 0.05) is 12.1 Å². The van der Waals surface area contributed by atoms with Crippen LogP contribution in [0.15, 0.2) is 18.2 Å². The van der Waals surface area contributed by atoms with Gasteiger partial charge in [-0.25, -0.2) is 0 Å². The second-order valence-corrected chi connectivity index (χ2v) is 5.72. The van der Waals surface area contributed by atoms with E-state index in [1.807, 2.05) is 0 Å². The van der Waals surface area contributed by atoms with Gasteiger partial charge in [-0.1, -0.05) is 19.1 Å². The first kappa shape index (κ1) is 14.4. The summed E-state index contributed by atoms with van der Waals surface area (Å²) in [5, 5.41) is 3.50. The second-order valence-electron chi connectivity index (χ2n) is 5.72. The number of methoxy groups -OCH3 is 1. The molecule has 0 aliphatic carbocycles. The van der Waals surface area contributed by atoms with Gasteiger partial charge >= 0.3 is 0 Å². The van der Waals surface area contributed by atoms with Gasteiger partial charge in [-0.3, -0.25) is 0 Å². The molecule has 1 aromatic rings. The van der Waals surface area contributed by atoms with E-state index in [9.17, 15) is 0 Å². The normalized spacial score (nSPS) is 23.0. The largest absolute Gasteiger partial charge is 0.496 e. The summed E-state index contributed by atoms with van der Waals surface area (Å²) in [4.78, 5) is 2.37. The maximum absolute atomic E-state index is 5.54. The van der Waals surface area contributed by atoms with Crippen LogP contribution >= 0.6 is 0 Å². The van der Waals surface area contributed by atoms with Gasteiger partial charge in [0.2, 0.25) is 0 Å². The lowest BCUT2D eigenvalue weighted by atomic mass is 9.87. The summed E-state index contributed by atoms with van der Waals surface area (Å²) in [6, 6.07) is 6.58. The Morgan fingerprint density at radius 1 is 1.37 bits per heavy atom. The third-order valence-corrected chi connectivity index (χ3v) is 4.44. The Bertz CT molecular complexity index is 423. The number of nitrogens with one attached hydrogen (secondary N) is 1. The van der Waals surface area contributed by atoms with Crippen molar-refractivity contribution in [3.8, 4) is 5.75 Å². The monoisotopic (exact) mass is 262 g/mol. The molecule has 1 N–H and O–H groups in total. The van der Waals surface area contributed by atoms with Crippen molar-refractivity contribution in [2.45, 2.75) is 31.7 Å². The highest BCUT2D eigenvalue weighted by molar-refractivity contribution is 5.39. The van der Waals surface area contributed by atoms with Crippen LogP contribution in [0.25, 0.3) is 0 Å². The molecule has 1 heterocycles. The number of aryl methyl sites for hydroxylation is 1. The van der Waals surface area contributed by atoms with Crippen molar-refractivity contribution in [2.75, 3.05) is 34.3 Å². The van der Waals surface area contributed by atoms with Crippen molar-refractivity contribution >= 4 is 0 Å². The predicted octanol–water partition coefficient (Wildman–Crippen LogP) is 2.09. The Balaban J connectivity index is 2.30. The number of ether oxygens (including phenoxy) is 1. The minimum absolute atomic E-state index is 0.222. The van der Waals surface area contributed by atoms with Gasteiger partial charge in [0.05, 0.1) is 7.11 Å². The maximum atomic E-state index is 5.54. The smallest absolute Gasteiger partial charge is 0.122 e. The number of likely N-dealkylation sites (N-methyl/N-ethyl adjacent to an activating group) is 1. The molecule has 3 nitrogen and oxygen atoms in total. The quantitative estimate of drug-likeness (QED) is 0.879. The molecular formula is C16H26N2O. The van der Waals surface area contributed by atoms with E-state index in [1.54, 1.807) is 7.11 Å². The minimum Gasteiger partial charge on any atom is -0.496 e. The Morgan fingerprint density at radius 2 is 2.16 bits per heavy atom. The molecule has 1 aromatic carbocycles. The van der Waals surface area contributed by atoms with Crippen LogP contribution < -0.4 is 10.1 Å². The number of nitrogens with zero attached hydrogens (tertiary/aromatic N) is 1. The molecule has 1 saturated heterocycles. The lowest BCUT2D eigenvalue weighted by Gasteiger charge is -2.36. The van der Waals surface area contributed by atoms with Crippen molar-refractivity contribution < 1.29 is 4.74 Å². The third-order valence-electron chi connectivity index (χ3n) is 4.44. The average Bonchev–Trinajstić information content (AvgIpc) is 2.88. The average molecular weight is 262 g/mol. The fraction of sp³-hybridized carbons (Fsp3) is 0.625. The van der Waals surface area contributed by atoms with Gasteiger partial charge in [0.25, 0.3) is 0 Å². The zero-order valence-corrected chi connectivity index (χ0v) is 12.6. The number of hydrogen-bond acceptors (Lipinski definition) is 3. The predicted molar refractivity (Wildman–Crippen MR) is 80.0 cm³/mol. The summed E-state index contributed by atoms with van der Waals surface area (Å²) >= 11 is 0. The first-order valence-corrected chi connectivity index (χ1v) is 7.15. The molecule has 0 spiro atoms. The van der Waals surface area contributed by atoms with E-state index in [0.29, 0.717) is 0 Å². The van der Waals surface area contributed by atoms with Gasteiger partial charge in [0.15, 0.2) is 0 Å². The zero-order chi connectivity index (χ0) is 13.9. The molecule has 2 rings (SSSR count). The molecule has 1 unspecified atom stereocenters. The molecule has 1 atom stereocenters. The maximum Gasteiger partial charge on any atom is 0.122 e. The van der Waals surface area contributed by atoms with Gasteiger partial charge in [0.1, 0.15) is 5.75 Å². The molecule has 0 saturated carbocycles. The SMILES string of the molecule is CCc1ccc(OC)c(CC2(N(C)C)CCNC2)c1. The van der Waals surface area contributed by atoms with Crippen molar-refractivity contribution in [3.05, 3.63) is 29.3 Å². The molecule has 1 aliphatic rings. The van der Waals surface area contributed by atoms with Crippen LogP contribution in [-0.4, -0.2) is 44.7 Å². The fourth-order valence-electron chi connectivity index (χ4n) is 2.97. The highest BCUT2D eigenvalue weighted by Crippen LogP contribution is 2.30. The Kier molecular flexibility index (Phi) is 4.48. The molecular weight excluding hydrogens is 236 g/mol. The van der Waals surface area contributed by atoms with E-state index >= 15 is 0 Å². The Hall–Kier alpha value is -1.06. The van der Waals surface area contributed by atoms with Crippen LogP contribution in [-0.2, 0) is 12.8 Å². The number of rotatable bonds is 5. The molecule has 1 aliphatic heterocycles. The first-order chi connectivity index (χ1) is 9.11. The van der Waals surface area contributed by atoms with E-state index in [1.165, 1.54) is 17.5 Å². The highest BCUT2D eigenvalue weighted by atomic mass is 16.5. The molecule has 0 radical (unpaired) electrons. The molecule has 3 heteroatoms. The molecule has 0 bridgehead atoms. The Morgan fingerprint density at radius 3 is 2.68 bits per heavy atom. The lowest BCUT2D eigenvalue weighted by molar-refractivity contribution is 0.171. The van der Waals surface area contributed by atoms with Crippen molar-refractivity contribution in [1.29, 1.82) is 0 Å². The summed E-state index contributed by atoms with van der Waals surface area (Å²) in [6.45, 7) is 4.36. The minimum atomic E-state index is 0.222. The fourth-order valence-corrected chi connectivity index (χ4v) is 2.97. The van der Waals surface area contributed by atoms with Crippen molar-refractivity contribution in [3.63, 3.8) is 0 Å². The highest BCUT2D eigenvalue weighted by Gasteiger charge is 2.36. The van der Waals surface area contributed by atoms with E-state index < -0.39 is 0 Å². The molecule has 0 aromatic heterocycles. The summed E-state index contributed by atoms with van der Waals surface area (Å²) in [6.07, 6.45) is 3.31. The van der Waals surface area contributed by atoms with Gasteiger partial charge in [-0.15, -0.1) is 0 Å². The van der Waals surface area contributed by atoms with Gasteiger partial charge in [-0.05, 0) is 57.1 Å². The van der Waals surface area contributed by atoms with Crippen molar-refractivity contribution in [1.82, 2.24) is 10.2 Å². The second kappa shape index (κ2) is 5.93. The number of hydrogen-bond donors (Lipinski definition) is 1. The van der Waals surface area contributed by atoms with Crippen LogP contribution in [0.5, 0.6) is 5.75 Å². The van der Waals surface area contributed by atoms with Crippen molar-refractivity contribution in [2.24, 2.45) is 0 Å². The van der Waals surface area contributed by atoms with Crippen LogP contribution in [0.2, 0.25) is 0 Å². The molecule has 106 valence electrons. The van der Waals surface area contributed by atoms with E-state index in [0.717, 1.165) is 31.7 Å². The summed E-state index contributed by atoms with van der Waals surface area (Å²) in [5.41, 5.74) is 2.94. The van der Waals surface area contributed by atoms with Crippen LogP contribution in [0, 0.1) is 0 Å². The summed E-state index contributed by atoms with van der Waals surface area (Å²) in [5.74, 6) is 1.02. The van der Waals surface area contributed by atoms with Crippen LogP contribution in [0.1, 0.15) is 24.5 Å². The van der Waals surface area contributed by atoms with E-state index in [4.69, 9.17) is 4.74 Å². The Labute approximate surface area is 116 Å². The summed E-state index contributed by atoms with van der Waals surface area (Å²) < 4.78 is 5.54.